The molecule has 0 aromatic heterocycles. The highest BCUT2D eigenvalue weighted by Gasteiger charge is 2.22. The fourth-order valence-electron chi connectivity index (χ4n) is 2.51. The van der Waals surface area contributed by atoms with Crippen LogP contribution in [-0.4, -0.2) is 37.4 Å². The molecule has 0 amide bonds. The Kier molecular flexibility index (Phi) is 4.84. The largest absolute Gasteiger partial charge is 0.493 e. The van der Waals surface area contributed by atoms with Crippen LogP contribution in [-0.2, 0) is 0 Å². The molecule has 0 spiro atoms. The number of ether oxygens (including phenoxy) is 2. The van der Waals surface area contributed by atoms with E-state index in [-0.39, 0.29) is 11.7 Å². The maximum atomic E-state index is 10.9. The fourth-order valence-corrected chi connectivity index (χ4v) is 2.51. The second-order valence-electron chi connectivity index (χ2n) is 5.08. The van der Waals surface area contributed by atoms with Gasteiger partial charge in [0.05, 0.1) is 18.8 Å². The van der Waals surface area contributed by atoms with Gasteiger partial charge in [-0.25, -0.2) is 4.79 Å². The first-order valence-corrected chi connectivity index (χ1v) is 6.90. The second kappa shape index (κ2) is 6.61. The van der Waals surface area contributed by atoms with E-state index in [9.17, 15) is 4.79 Å². The summed E-state index contributed by atoms with van der Waals surface area (Å²) < 4.78 is 11.2. The van der Waals surface area contributed by atoms with Crippen LogP contribution in [0, 0.1) is 5.92 Å². The van der Waals surface area contributed by atoms with Crippen LogP contribution in [0.2, 0.25) is 0 Å². The van der Waals surface area contributed by atoms with Crippen molar-refractivity contribution < 1.29 is 19.4 Å². The van der Waals surface area contributed by atoms with Crippen LogP contribution < -0.4 is 14.8 Å². The molecule has 2 N–H and O–H groups in total. The summed E-state index contributed by atoms with van der Waals surface area (Å²) in [4.78, 5) is 10.9. The van der Waals surface area contributed by atoms with Gasteiger partial charge in [0.25, 0.3) is 0 Å². The van der Waals surface area contributed by atoms with Crippen molar-refractivity contribution in [2.24, 2.45) is 5.92 Å². The quantitative estimate of drug-likeness (QED) is 0.864. The summed E-state index contributed by atoms with van der Waals surface area (Å²) in [5, 5.41) is 12.3. The van der Waals surface area contributed by atoms with Crippen molar-refractivity contribution in [2.75, 3.05) is 20.2 Å². The number of methoxy groups -OCH3 is 1. The normalized spacial score (nSPS) is 17.5. The molecular weight excluding hydrogens is 258 g/mol. The first-order chi connectivity index (χ1) is 9.61. The maximum absolute atomic E-state index is 10.9. The lowest BCUT2D eigenvalue weighted by Gasteiger charge is -2.29. The summed E-state index contributed by atoms with van der Waals surface area (Å²) in [6, 6.07) is 4.70. The third-order valence-corrected chi connectivity index (χ3v) is 3.77. The molecule has 2 rings (SSSR count). The van der Waals surface area contributed by atoms with E-state index >= 15 is 0 Å². The highest BCUT2D eigenvalue weighted by atomic mass is 16.5. The minimum absolute atomic E-state index is 0.0849. The zero-order valence-electron chi connectivity index (χ0n) is 11.9. The number of piperidine rings is 1. The van der Waals surface area contributed by atoms with E-state index in [1.165, 1.54) is 19.2 Å². The van der Waals surface area contributed by atoms with Gasteiger partial charge in [-0.15, -0.1) is 0 Å². The van der Waals surface area contributed by atoms with E-state index < -0.39 is 5.97 Å². The number of rotatable bonds is 5. The Hall–Kier alpha value is -1.75. The highest BCUT2D eigenvalue weighted by molar-refractivity contribution is 5.88. The number of nitrogens with one attached hydrogen (secondary N) is 1. The third kappa shape index (κ3) is 3.42. The third-order valence-electron chi connectivity index (χ3n) is 3.77. The van der Waals surface area contributed by atoms with Crippen LogP contribution in [0.3, 0.4) is 0 Å². The first-order valence-electron chi connectivity index (χ1n) is 6.90. The molecule has 1 heterocycles. The lowest BCUT2D eigenvalue weighted by atomic mass is 9.93. The lowest BCUT2D eigenvalue weighted by Crippen LogP contribution is -2.35. The molecule has 0 aliphatic carbocycles. The Labute approximate surface area is 118 Å². The molecule has 1 fully saturated rings. The van der Waals surface area contributed by atoms with E-state index in [1.807, 2.05) is 0 Å². The van der Waals surface area contributed by atoms with E-state index in [2.05, 4.69) is 12.2 Å². The number of benzene rings is 1. The van der Waals surface area contributed by atoms with Gasteiger partial charge in [0.2, 0.25) is 0 Å². The van der Waals surface area contributed by atoms with Crippen LogP contribution in [0.4, 0.5) is 0 Å². The van der Waals surface area contributed by atoms with E-state index in [0.29, 0.717) is 17.4 Å². The van der Waals surface area contributed by atoms with Crippen LogP contribution in [0.5, 0.6) is 11.5 Å². The molecule has 0 bridgehead atoms. The number of carboxylic acid groups (broad SMARTS) is 1. The molecule has 0 saturated carbocycles. The van der Waals surface area contributed by atoms with Crippen molar-refractivity contribution in [2.45, 2.75) is 25.9 Å². The van der Waals surface area contributed by atoms with Crippen LogP contribution in [0.15, 0.2) is 18.2 Å². The van der Waals surface area contributed by atoms with Gasteiger partial charge in [0, 0.05) is 0 Å². The molecule has 5 heteroatoms. The molecule has 5 nitrogen and oxygen atoms in total. The van der Waals surface area contributed by atoms with E-state index in [4.69, 9.17) is 14.6 Å². The summed E-state index contributed by atoms with van der Waals surface area (Å²) in [6.45, 7) is 4.10. The lowest BCUT2D eigenvalue weighted by molar-refractivity contribution is 0.0696. The van der Waals surface area contributed by atoms with Gasteiger partial charge in [-0.1, -0.05) is 0 Å². The van der Waals surface area contributed by atoms with Crippen molar-refractivity contribution in [3.8, 4) is 11.5 Å². The Morgan fingerprint density at radius 1 is 1.35 bits per heavy atom. The SMILES string of the molecule is COc1cc(C(=O)O)ccc1OC(C)C1CCNCC1. The van der Waals surface area contributed by atoms with Crippen LogP contribution in [0.1, 0.15) is 30.1 Å². The Bertz CT molecular complexity index is 469. The van der Waals surface area contributed by atoms with Gasteiger partial charge in [0.1, 0.15) is 0 Å². The molecule has 110 valence electrons. The highest BCUT2D eigenvalue weighted by Crippen LogP contribution is 2.31. The number of hydrogen-bond acceptors (Lipinski definition) is 4. The monoisotopic (exact) mass is 279 g/mol. The minimum atomic E-state index is -0.971. The Balaban J connectivity index is 2.09. The Morgan fingerprint density at radius 3 is 2.65 bits per heavy atom. The molecule has 1 aromatic rings. The number of carboxylic acids is 1. The predicted octanol–water partition coefficient (Wildman–Crippen LogP) is 2.16. The van der Waals surface area contributed by atoms with E-state index in [0.717, 1.165) is 25.9 Å². The molecule has 1 aliphatic rings. The smallest absolute Gasteiger partial charge is 0.335 e. The fraction of sp³-hybridized carbons (Fsp3) is 0.533. The van der Waals surface area contributed by atoms with Crippen molar-refractivity contribution in [3.05, 3.63) is 23.8 Å². The molecule has 1 unspecified atom stereocenters. The van der Waals surface area contributed by atoms with Gasteiger partial charge in [-0.2, -0.15) is 0 Å². The molecule has 1 aromatic carbocycles. The summed E-state index contributed by atoms with van der Waals surface area (Å²) >= 11 is 0. The number of aromatic carboxylic acids is 1. The van der Waals surface area contributed by atoms with Gasteiger partial charge in [-0.05, 0) is 57.0 Å². The molecule has 20 heavy (non-hydrogen) atoms. The summed E-state index contributed by atoms with van der Waals surface area (Å²) in [5.74, 6) is 0.607. The molecule has 1 saturated heterocycles. The van der Waals surface area contributed by atoms with Crippen molar-refractivity contribution in [1.82, 2.24) is 5.32 Å². The zero-order valence-corrected chi connectivity index (χ0v) is 11.9. The standard InChI is InChI=1S/C15H21NO4/c1-10(11-5-7-16-8-6-11)20-13-4-3-12(15(17)18)9-14(13)19-2/h3-4,9-11,16H,5-8H2,1-2H3,(H,17,18). The second-order valence-corrected chi connectivity index (χ2v) is 5.08. The van der Waals surface area contributed by atoms with Gasteiger partial charge < -0.3 is 19.9 Å². The molecule has 0 radical (unpaired) electrons. The van der Waals surface area contributed by atoms with Gasteiger partial charge >= 0.3 is 5.97 Å². The van der Waals surface area contributed by atoms with Crippen molar-refractivity contribution in [3.63, 3.8) is 0 Å². The Morgan fingerprint density at radius 2 is 2.05 bits per heavy atom. The summed E-state index contributed by atoms with van der Waals surface area (Å²) in [7, 11) is 1.52. The average molecular weight is 279 g/mol. The molecule has 1 atom stereocenters. The maximum Gasteiger partial charge on any atom is 0.335 e. The summed E-state index contributed by atoms with van der Waals surface area (Å²) in [6.07, 6.45) is 2.27. The molecule has 1 aliphatic heterocycles. The van der Waals surface area contributed by atoms with Crippen LogP contribution in [0.25, 0.3) is 0 Å². The predicted molar refractivity (Wildman–Crippen MR) is 75.6 cm³/mol. The van der Waals surface area contributed by atoms with Gasteiger partial charge in [-0.3, -0.25) is 0 Å². The molecular formula is C15H21NO4. The van der Waals surface area contributed by atoms with Crippen molar-refractivity contribution in [1.29, 1.82) is 0 Å². The van der Waals surface area contributed by atoms with E-state index in [1.54, 1.807) is 6.07 Å². The summed E-state index contributed by atoms with van der Waals surface area (Å²) in [5.41, 5.74) is 0.198. The number of carbonyl (C=O) groups is 1. The zero-order chi connectivity index (χ0) is 14.5. The van der Waals surface area contributed by atoms with Gasteiger partial charge in [0.15, 0.2) is 11.5 Å². The van der Waals surface area contributed by atoms with Crippen molar-refractivity contribution >= 4 is 5.97 Å². The average Bonchev–Trinajstić information content (AvgIpc) is 2.48. The van der Waals surface area contributed by atoms with Crippen LogP contribution >= 0.6 is 0 Å². The minimum Gasteiger partial charge on any atom is -0.493 e. The first kappa shape index (κ1) is 14.7. The topological polar surface area (TPSA) is 67.8 Å². The number of hydrogen-bond donors (Lipinski definition) is 2.